The first-order valence-electron chi connectivity index (χ1n) is 14.7. The fourth-order valence-corrected chi connectivity index (χ4v) is 6.53. The van der Waals surface area contributed by atoms with Crippen LogP contribution in [-0.4, -0.2) is 43.8 Å². The lowest BCUT2D eigenvalue weighted by Crippen LogP contribution is -2.54. The standard InChI is InChI=1S/C35H37Cl2N3O4S/c1-4-26(3)38-35(42)33(22-27-11-7-5-8-12-27)39(23-28-17-20-31(36)32(37)21-28)34(41)24-40(29-13-9-6-10-14-29)45(43,44)30-18-15-25(2)16-19-30/h5-21,26,33H,4,22-24H2,1-3H3,(H,38,42)/t26-,33-/m1/s1. The number of nitrogens with zero attached hydrogens (tertiary/aromatic N) is 2. The van der Waals surface area contributed by atoms with Gasteiger partial charge in [-0.3, -0.25) is 13.9 Å². The van der Waals surface area contributed by atoms with Gasteiger partial charge in [-0.2, -0.15) is 0 Å². The summed E-state index contributed by atoms with van der Waals surface area (Å²) in [6.45, 7) is 5.18. The number of para-hydroxylation sites is 1. The Morgan fingerprint density at radius 1 is 0.822 bits per heavy atom. The predicted molar refractivity (Wildman–Crippen MR) is 181 cm³/mol. The van der Waals surface area contributed by atoms with Crippen LogP contribution in [0.1, 0.15) is 37.0 Å². The molecular weight excluding hydrogens is 629 g/mol. The van der Waals surface area contributed by atoms with Gasteiger partial charge in [0.2, 0.25) is 11.8 Å². The Hall–Kier alpha value is -3.85. The third kappa shape index (κ3) is 8.87. The normalized spacial score (nSPS) is 12.6. The molecule has 0 aliphatic carbocycles. The highest BCUT2D eigenvalue weighted by atomic mass is 35.5. The number of halogens is 2. The van der Waals surface area contributed by atoms with Crippen molar-refractivity contribution in [2.24, 2.45) is 0 Å². The molecule has 0 unspecified atom stereocenters. The zero-order valence-electron chi connectivity index (χ0n) is 25.5. The summed E-state index contributed by atoms with van der Waals surface area (Å²) < 4.78 is 29.2. The van der Waals surface area contributed by atoms with Gasteiger partial charge in [-0.25, -0.2) is 8.42 Å². The first kappa shape index (κ1) is 34.0. The molecule has 236 valence electrons. The molecule has 0 aromatic heterocycles. The maximum Gasteiger partial charge on any atom is 0.264 e. The molecule has 0 saturated carbocycles. The Kier molecular flexibility index (Phi) is 11.7. The second-order valence-corrected chi connectivity index (χ2v) is 13.6. The maximum absolute atomic E-state index is 14.5. The van der Waals surface area contributed by atoms with Crippen molar-refractivity contribution in [2.75, 3.05) is 10.8 Å². The summed E-state index contributed by atoms with van der Waals surface area (Å²) in [5, 5.41) is 3.68. The van der Waals surface area contributed by atoms with Crippen LogP contribution < -0.4 is 9.62 Å². The van der Waals surface area contributed by atoms with Gasteiger partial charge in [-0.1, -0.05) is 102 Å². The van der Waals surface area contributed by atoms with Crippen LogP contribution in [0.25, 0.3) is 0 Å². The highest BCUT2D eigenvalue weighted by molar-refractivity contribution is 7.92. The number of hydrogen-bond donors (Lipinski definition) is 1. The highest BCUT2D eigenvalue weighted by Gasteiger charge is 2.35. The van der Waals surface area contributed by atoms with Crippen molar-refractivity contribution in [3.8, 4) is 0 Å². The lowest BCUT2D eigenvalue weighted by Gasteiger charge is -2.34. The molecule has 0 heterocycles. The number of amides is 2. The van der Waals surface area contributed by atoms with Crippen molar-refractivity contribution in [3.05, 3.63) is 130 Å². The van der Waals surface area contributed by atoms with Gasteiger partial charge in [-0.05, 0) is 67.8 Å². The molecule has 4 aromatic carbocycles. The van der Waals surface area contributed by atoms with Gasteiger partial charge in [0.1, 0.15) is 12.6 Å². The van der Waals surface area contributed by atoms with Gasteiger partial charge < -0.3 is 10.2 Å². The zero-order chi connectivity index (χ0) is 32.6. The molecular formula is C35H37Cl2N3O4S. The van der Waals surface area contributed by atoms with Crippen molar-refractivity contribution in [2.45, 2.75) is 57.1 Å². The van der Waals surface area contributed by atoms with E-state index in [4.69, 9.17) is 23.2 Å². The molecule has 4 rings (SSSR count). The average molecular weight is 667 g/mol. The molecule has 45 heavy (non-hydrogen) atoms. The van der Waals surface area contributed by atoms with Crippen molar-refractivity contribution in [1.82, 2.24) is 10.2 Å². The molecule has 0 radical (unpaired) electrons. The Morgan fingerprint density at radius 2 is 1.44 bits per heavy atom. The smallest absolute Gasteiger partial charge is 0.264 e. The Labute approximate surface area is 275 Å². The number of carbonyl (C=O) groups is 2. The quantitative estimate of drug-likeness (QED) is 0.166. The predicted octanol–water partition coefficient (Wildman–Crippen LogP) is 7.05. The number of benzene rings is 4. The number of anilines is 1. The van der Waals surface area contributed by atoms with E-state index >= 15 is 0 Å². The van der Waals surface area contributed by atoms with Crippen LogP contribution in [0.15, 0.2) is 108 Å². The number of carbonyl (C=O) groups excluding carboxylic acids is 2. The minimum absolute atomic E-state index is 0.00560. The number of sulfonamides is 1. The molecule has 0 aliphatic rings. The molecule has 4 aromatic rings. The second-order valence-electron chi connectivity index (χ2n) is 11.0. The Balaban J connectivity index is 1.80. The van der Waals surface area contributed by atoms with E-state index in [1.54, 1.807) is 60.7 Å². The summed E-state index contributed by atoms with van der Waals surface area (Å²) in [4.78, 5) is 29.9. The maximum atomic E-state index is 14.5. The van der Waals surface area contributed by atoms with Crippen molar-refractivity contribution in [3.63, 3.8) is 0 Å². The zero-order valence-corrected chi connectivity index (χ0v) is 27.8. The molecule has 1 N–H and O–H groups in total. The first-order chi connectivity index (χ1) is 21.5. The largest absolute Gasteiger partial charge is 0.352 e. The molecule has 2 atom stereocenters. The lowest BCUT2D eigenvalue weighted by molar-refractivity contribution is -0.140. The van der Waals surface area contributed by atoms with Gasteiger partial charge in [0.25, 0.3) is 10.0 Å². The fourth-order valence-electron chi connectivity index (χ4n) is 4.79. The molecule has 0 saturated heterocycles. The van der Waals surface area contributed by atoms with E-state index in [9.17, 15) is 18.0 Å². The lowest BCUT2D eigenvalue weighted by atomic mass is 10.0. The van der Waals surface area contributed by atoms with E-state index < -0.39 is 28.5 Å². The number of nitrogens with one attached hydrogen (secondary N) is 1. The number of rotatable bonds is 13. The summed E-state index contributed by atoms with van der Waals surface area (Å²) in [6.07, 6.45) is 0.910. The third-order valence-corrected chi connectivity index (χ3v) is 10.1. The van der Waals surface area contributed by atoms with Gasteiger partial charge >= 0.3 is 0 Å². The van der Waals surface area contributed by atoms with E-state index in [1.807, 2.05) is 51.1 Å². The molecule has 10 heteroatoms. The molecule has 7 nitrogen and oxygen atoms in total. The molecule has 2 amide bonds. The molecule has 0 bridgehead atoms. The Bertz CT molecular complexity index is 1700. The van der Waals surface area contributed by atoms with Crippen LogP contribution in [0, 0.1) is 6.92 Å². The van der Waals surface area contributed by atoms with Crippen LogP contribution >= 0.6 is 23.2 Å². The van der Waals surface area contributed by atoms with Crippen LogP contribution in [-0.2, 0) is 32.6 Å². The topological polar surface area (TPSA) is 86.8 Å². The van der Waals surface area contributed by atoms with Gasteiger partial charge in [0, 0.05) is 19.0 Å². The molecule has 0 spiro atoms. The molecule has 0 aliphatic heterocycles. The average Bonchev–Trinajstić information content (AvgIpc) is 3.04. The summed E-state index contributed by atoms with van der Waals surface area (Å²) >= 11 is 12.5. The van der Waals surface area contributed by atoms with Crippen LogP contribution in [0.4, 0.5) is 5.69 Å². The van der Waals surface area contributed by atoms with E-state index in [-0.39, 0.29) is 29.8 Å². The minimum Gasteiger partial charge on any atom is -0.352 e. The minimum atomic E-state index is -4.17. The summed E-state index contributed by atoms with van der Waals surface area (Å²) in [5.41, 5.74) is 2.71. The SMILES string of the molecule is CC[C@@H](C)NC(=O)[C@@H](Cc1ccccc1)N(Cc1ccc(Cl)c(Cl)c1)C(=O)CN(c1ccccc1)S(=O)(=O)c1ccc(C)cc1. The van der Waals surface area contributed by atoms with Crippen molar-refractivity contribution in [1.29, 1.82) is 0 Å². The summed E-state index contributed by atoms with van der Waals surface area (Å²) in [6, 6.07) is 28.3. The second kappa shape index (κ2) is 15.4. The van der Waals surface area contributed by atoms with Crippen LogP contribution in [0.3, 0.4) is 0 Å². The van der Waals surface area contributed by atoms with Gasteiger partial charge in [0.05, 0.1) is 20.6 Å². The number of aryl methyl sites for hydroxylation is 1. The van der Waals surface area contributed by atoms with E-state index in [0.29, 0.717) is 27.7 Å². The summed E-state index contributed by atoms with van der Waals surface area (Å²) in [7, 11) is -4.17. The van der Waals surface area contributed by atoms with Crippen molar-refractivity contribution >= 4 is 50.7 Å². The van der Waals surface area contributed by atoms with E-state index in [1.165, 1.54) is 17.0 Å². The third-order valence-electron chi connectivity index (χ3n) is 7.54. The van der Waals surface area contributed by atoms with Gasteiger partial charge in [0.15, 0.2) is 0 Å². The number of hydrogen-bond acceptors (Lipinski definition) is 4. The Morgan fingerprint density at radius 3 is 2.04 bits per heavy atom. The van der Waals surface area contributed by atoms with E-state index in [0.717, 1.165) is 15.4 Å². The fraction of sp³-hybridized carbons (Fsp3) is 0.257. The molecule has 0 fully saturated rings. The van der Waals surface area contributed by atoms with Crippen LogP contribution in [0.5, 0.6) is 0 Å². The highest BCUT2D eigenvalue weighted by Crippen LogP contribution is 2.27. The van der Waals surface area contributed by atoms with Gasteiger partial charge in [-0.15, -0.1) is 0 Å². The van der Waals surface area contributed by atoms with E-state index in [2.05, 4.69) is 5.32 Å². The van der Waals surface area contributed by atoms with Crippen LogP contribution in [0.2, 0.25) is 10.0 Å². The summed E-state index contributed by atoms with van der Waals surface area (Å²) in [5.74, 6) is -0.893. The van der Waals surface area contributed by atoms with Crippen molar-refractivity contribution < 1.29 is 18.0 Å². The first-order valence-corrected chi connectivity index (χ1v) is 16.9. The monoisotopic (exact) mass is 665 g/mol.